The van der Waals surface area contributed by atoms with E-state index in [-0.39, 0.29) is 18.1 Å². The average Bonchev–Trinajstić information content (AvgIpc) is 2.70. The molecule has 4 N–H and O–H groups in total. The van der Waals surface area contributed by atoms with Gasteiger partial charge in [0.2, 0.25) is 10.0 Å². The van der Waals surface area contributed by atoms with Gasteiger partial charge < -0.3 is 10.9 Å². The minimum atomic E-state index is -3.19. The van der Waals surface area contributed by atoms with Crippen molar-refractivity contribution in [3.05, 3.63) is 11.4 Å². The first-order valence-electron chi connectivity index (χ1n) is 4.68. The minimum absolute atomic E-state index is 0.159. The second-order valence-electron chi connectivity index (χ2n) is 3.31. The third-order valence-electron chi connectivity index (χ3n) is 1.86. The van der Waals surface area contributed by atoms with Crippen LogP contribution in [0.15, 0.2) is 9.78 Å². The number of hydrogen-bond donors (Lipinski definition) is 3. The van der Waals surface area contributed by atoms with Gasteiger partial charge in [0.05, 0.1) is 6.26 Å². The number of amidine groups is 1. The molecular weight excluding hydrogens is 250 g/mol. The van der Waals surface area contributed by atoms with Crippen molar-refractivity contribution < 1.29 is 18.3 Å². The van der Waals surface area contributed by atoms with Crippen molar-refractivity contribution in [1.29, 1.82) is 0 Å². The van der Waals surface area contributed by atoms with Crippen LogP contribution in [0.3, 0.4) is 0 Å². The molecule has 0 spiro atoms. The fraction of sp³-hybridized carbons (Fsp3) is 0.571. The Morgan fingerprint density at radius 1 is 1.59 bits per heavy atom. The average molecular weight is 263 g/mol. The number of aryl methyl sites for hydroxylation is 1. The normalized spacial score (nSPS) is 12.9. The zero-order valence-corrected chi connectivity index (χ0v) is 9.94. The Balaban J connectivity index is 2.50. The fourth-order valence-corrected chi connectivity index (χ4v) is 1.64. The van der Waals surface area contributed by atoms with Crippen molar-refractivity contribution in [2.24, 2.45) is 10.9 Å². The van der Waals surface area contributed by atoms with Crippen molar-refractivity contribution in [3.8, 4) is 0 Å². The predicted molar refractivity (Wildman–Crippen MR) is 58.0 cm³/mol. The third-order valence-corrected chi connectivity index (χ3v) is 2.59. The molecule has 1 heterocycles. The van der Waals surface area contributed by atoms with Gasteiger partial charge in [0.25, 0.3) is 0 Å². The van der Waals surface area contributed by atoms with Crippen molar-refractivity contribution in [2.45, 2.75) is 12.8 Å². The minimum Gasteiger partial charge on any atom is -0.409 e. The summed E-state index contributed by atoms with van der Waals surface area (Å²) in [5.41, 5.74) is 5.91. The van der Waals surface area contributed by atoms with Crippen LogP contribution in [0.25, 0.3) is 0 Å². The Morgan fingerprint density at radius 3 is 2.88 bits per heavy atom. The van der Waals surface area contributed by atoms with Crippen LogP contribution in [0.2, 0.25) is 0 Å². The van der Waals surface area contributed by atoms with Gasteiger partial charge in [-0.3, -0.25) is 0 Å². The van der Waals surface area contributed by atoms with Crippen LogP contribution in [0, 0.1) is 0 Å². The molecule has 0 atom stereocenters. The van der Waals surface area contributed by atoms with Crippen LogP contribution in [0.5, 0.6) is 0 Å². The largest absolute Gasteiger partial charge is 0.409 e. The molecule has 0 saturated carbocycles. The lowest BCUT2D eigenvalue weighted by Gasteiger charge is -2.00. The van der Waals surface area contributed by atoms with Gasteiger partial charge in [-0.15, -0.1) is 0 Å². The van der Waals surface area contributed by atoms with Crippen LogP contribution < -0.4 is 10.5 Å². The highest BCUT2D eigenvalue weighted by Crippen LogP contribution is 2.05. The Morgan fingerprint density at radius 2 is 2.29 bits per heavy atom. The molecule has 0 fully saturated rings. The van der Waals surface area contributed by atoms with Crippen LogP contribution in [-0.2, 0) is 16.4 Å². The van der Waals surface area contributed by atoms with Crippen molar-refractivity contribution in [2.75, 3.05) is 12.8 Å². The van der Waals surface area contributed by atoms with E-state index in [1.165, 1.54) is 0 Å². The summed E-state index contributed by atoms with van der Waals surface area (Å²) in [6.45, 7) is 0.265. The molecule has 1 rings (SSSR count). The van der Waals surface area contributed by atoms with Crippen LogP contribution >= 0.6 is 0 Å². The van der Waals surface area contributed by atoms with Gasteiger partial charge in [0.15, 0.2) is 11.5 Å². The summed E-state index contributed by atoms with van der Waals surface area (Å²) in [7, 11) is -3.19. The monoisotopic (exact) mass is 263 g/mol. The molecule has 17 heavy (non-hydrogen) atoms. The van der Waals surface area contributed by atoms with E-state index < -0.39 is 10.0 Å². The maximum absolute atomic E-state index is 10.8. The van der Waals surface area contributed by atoms with Crippen LogP contribution in [0.1, 0.15) is 17.8 Å². The maximum atomic E-state index is 10.8. The molecule has 0 aliphatic carbocycles. The van der Waals surface area contributed by atoms with E-state index in [9.17, 15) is 8.42 Å². The van der Waals surface area contributed by atoms with E-state index in [0.29, 0.717) is 18.5 Å². The SMILES string of the molecule is CS(=O)(=O)NCCCc1nonc1C(N)=NO. The molecule has 0 radical (unpaired) electrons. The van der Waals surface area contributed by atoms with Crippen LogP contribution in [0.4, 0.5) is 0 Å². The highest BCUT2D eigenvalue weighted by molar-refractivity contribution is 7.88. The highest BCUT2D eigenvalue weighted by atomic mass is 32.2. The zero-order valence-electron chi connectivity index (χ0n) is 9.12. The van der Waals surface area contributed by atoms with E-state index in [4.69, 9.17) is 10.9 Å². The van der Waals surface area contributed by atoms with Gasteiger partial charge in [-0.2, -0.15) is 0 Å². The van der Waals surface area contributed by atoms with Crippen molar-refractivity contribution >= 4 is 15.9 Å². The first-order chi connectivity index (χ1) is 7.94. The summed E-state index contributed by atoms with van der Waals surface area (Å²) < 4.78 is 28.4. The van der Waals surface area contributed by atoms with E-state index in [0.717, 1.165) is 6.26 Å². The van der Waals surface area contributed by atoms with E-state index >= 15 is 0 Å². The second kappa shape index (κ2) is 5.59. The molecule has 1 aromatic rings. The molecule has 9 nitrogen and oxygen atoms in total. The van der Waals surface area contributed by atoms with Gasteiger partial charge in [-0.25, -0.2) is 17.8 Å². The summed E-state index contributed by atoms with van der Waals surface area (Å²) in [5.74, 6) is -0.197. The van der Waals surface area contributed by atoms with Gasteiger partial charge in [-0.05, 0) is 18.0 Å². The molecule has 10 heteroatoms. The summed E-state index contributed by atoms with van der Waals surface area (Å²) >= 11 is 0. The topological polar surface area (TPSA) is 144 Å². The molecule has 0 aromatic carbocycles. The molecular formula is C7H13N5O4S. The van der Waals surface area contributed by atoms with Crippen LogP contribution in [-0.4, -0.2) is 42.6 Å². The Bertz CT molecular complexity index is 494. The molecule has 0 saturated heterocycles. The first-order valence-corrected chi connectivity index (χ1v) is 6.57. The third kappa shape index (κ3) is 4.36. The molecule has 0 aliphatic rings. The second-order valence-corrected chi connectivity index (χ2v) is 5.15. The lowest BCUT2D eigenvalue weighted by atomic mass is 10.2. The van der Waals surface area contributed by atoms with E-state index in [2.05, 4.69) is 24.8 Å². The maximum Gasteiger partial charge on any atom is 0.208 e. The van der Waals surface area contributed by atoms with Crippen molar-refractivity contribution in [3.63, 3.8) is 0 Å². The quantitative estimate of drug-likeness (QED) is 0.189. The van der Waals surface area contributed by atoms with Gasteiger partial charge in [0.1, 0.15) is 5.69 Å². The predicted octanol–water partition coefficient (Wildman–Crippen LogP) is -1.35. The summed E-state index contributed by atoms with van der Waals surface area (Å²) in [6, 6.07) is 0. The van der Waals surface area contributed by atoms with Gasteiger partial charge in [0, 0.05) is 6.54 Å². The van der Waals surface area contributed by atoms with E-state index in [1.54, 1.807) is 0 Å². The first kappa shape index (κ1) is 13.4. The number of nitrogens with zero attached hydrogens (tertiary/aromatic N) is 3. The number of aromatic nitrogens is 2. The Labute approximate surface area is 97.7 Å². The lowest BCUT2D eigenvalue weighted by molar-refractivity contribution is 0.300. The molecule has 0 aliphatic heterocycles. The molecule has 0 amide bonds. The zero-order chi connectivity index (χ0) is 12.9. The number of oxime groups is 1. The lowest BCUT2D eigenvalue weighted by Crippen LogP contribution is -2.23. The Hall–Kier alpha value is -1.68. The van der Waals surface area contributed by atoms with Gasteiger partial charge in [-0.1, -0.05) is 10.3 Å². The summed E-state index contributed by atoms with van der Waals surface area (Å²) in [6.07, 6.45) is 1.97. The molecule has 0 bridgehead atoms. The van der Waals surface area contributed by atoms with E-state index in [1.807, 2.05) is 0 Å². The van der Waals surface area contributed by atoms with Gasteiger partial charge >= 0.3 is 0 Å². The Kier molecular flexibility index (Phi) is 4.40. The molecule has 0 unspecified atom stereocenters. The summed E-state index contributed by atoms with van der Waals surface area (Å²) in [5, 5.41) is 18.3. The standard InChI is InChI=1S/C7H13N5O4S/c1-17(14,15)9-4-2-3-5-6(7(8)10-13)12-16-11-5/h9,13H,2-4H2,1H3,(H2,8,10). The number of sulfonamides is 1. The number of hydrogen-bond acceptors (Lipinski definition) is 7. The smallest absolute Gasteiger partial charge is 0.208 e. The number of nitrogens with one attached hydrogen (secondary N) is 1. The fourth-order valence-electron chi connectivity index (χ4n) is 1.13. The number of nitrogens with two attached hydrogens (primary N) is 1. The molecule has 1 aromatic heterocycles. The highest BCUT2D eigenvalue weighted by Gasteiger charge is 2.13. The molecule has 96 valence electrons. The number of rotatable bonds is 6. The van der Waals surface area contributed by atoms with Crippen molar-refractivity contribution in [1.82, 2.24) is 15.0 Å². The summed E-state index contributed by atoms with van der Waals surface area (Å²) in [4.78, 5) is 0.